The Kier molecular flexibility index (Phi) is 5.51. The quantitative estimate of drug-likeness (QED) is 0.563. The molecule has 0 aliphatic heterocycles. The van der Waals surface area contributed by atoms with Gasteiger partial charge in [0.1, 0.15) is 5.41 Å². The van der Waals surface area contributed by atoms with Gasteiger partial charge >= 0.3 is 11.9 Å². The molecule has 1 aliphatic rings. The third-order valence-corrected chi connectivity index (χ3v) is 3.74. The van der Waals surface area contributed by atoms with Crippen LogP contribution in [0.5, 0.6) is 0 Å². The second-order valence-electron chi connectivity index (χ2n) is 4.80. The van der Waals surface area contributed by atoms with Crippen LogP contribution in [0.2, 0.25) is 0 Å². The van der Waals surface area contributed by atoms with Crippen LogP contribution < -0.4 is 0 Å². The zero-order valence-corrected chi connectivity index (χ0v) is 11.9. The second-order valence-corrected chi connectivity index (χ2v) is 4.80. The molecule has 1 saturated carbocycles. The van der Waals surface area contributed by atoms with Crippen molar-refractivity contribution >= 4 is 17.7 Å². The van der Waals surface area contributed by atoms with Crippen molar-refractivity contribution in [1.29, 1.82) is 0 Å². The molecule has 0 saturated heterocycles. The summed E-state index contributed by atoms with van der Waals surface area (Å²) in [5.41, 5.74) is -1.35. The van der Waals surface area contributed by atoms with E-state index in [2.05, 4.69) is 0 Å². The maximum atomic E-state index is 12.3. The number of Topliss-reactive ketones (excluding diaryl/α,β-unsaturated/α-hetero) is 1. The number of hydrogen-bond acceptors (Lipinski definition) is 5. The van der Waals surface area contributed by atoms with Crippen LogP contribution in [-0.2, 0) is 23.9 Å². The number of hydrogen-bond donors (Lipinski definition) is 0. The molecule has 1 aliphatic carbocycles. The van der Waals surface area contributed by atoms with E-state index in [9.17, 15) is 14.4 Å². The minimum Gasteiger partial charge on any atom is -0.466 e. The Hall–Kier alpha value is -1.39. The van der Waals surface area contributed by atoms with Crippen LogP contribution in [0.3, 0.4) is 0 Å². The van der Waals surface area contributed by atoms with E-state index in [1.165, 1.54) is 0 Å². The Bertz CT molecular complexity index is 363. The molecule has 0 heterocycles. The molecular formula is C14H22O5. The molecule has 19 heavy (non-hydrogen) atoms. The molecule has 5 heteroatoms. The van der Waals surface area contributed by atoms with Crippen LogP contribution in [0, 0.1) is 11.3 Å². The maximum absolute atomic E-state index is 12.3. The van der Waals surface area contributed by atoms with Gasteiger partial charge in [-0.3, -0.25) is 14.4 Å². The largest absolute Gasteiger partial charge is 0.466 e. The number of rotatable bonds is 5. The van der Waals surface area contributed by atoms with Gasteiger partial charge in [0.25, 0.3) is 0 Å². The monoisotopic (exact) mass is 270 g/mol. The van der Waals surface area contributed by atoms with E-state index in [0.717, 1.165) is 12.8 Å². The van der Waals surface area contributed by atoms with Crippen molar-refractivity contribution in [2.45, 2.75) is 46.5 Å². The Morgan fingerprint density at radius 1 is 1.21 bits per heavy atom. The molecule has 0 N–H and O–H groups in total. The van der Waals surface area contributed by atoms with Gasteiger partial charge in [0.2, 0.25) is 0 Å². The van der Waals surface area contributed by atoms with Crippen LogP contribution >= 0.6 is 0 Å². The van der Waals surface area contributed by atoms with Gasteiger partial charge in [-0.05, 0) is 26.7 Å². The van der Waals surface area contributed by atoms with Crippen molar-refractivity contribution in [1.82, 2.24) is 0 Å². The molecule has 0 radical (unpaired) electrons. The summed E-state index contributed by atoms with van der Waals surface area (Å²) >= 11 is 0. The summed E-state index contributed by atoms with van der Waals surface area (Å²) < 4.78 is 10.00. The van der Waals surface area contributed by atoms with Gasteiger partial charge < -0.3 is 9.47 Å². The van der Waals surface area contributed by atoms with E-state index in [0.29, 0.717) is 12.8 Å². The minimum absolute atomic E-state index is 0.197. The first kappa shape index (κ1) is 15.7. The van der Waals surface area contributed by atoms with Gasteiger partial charge in [-0.25, -0.2) is 0 Å². The van der Waals surface area contributed by atoms with Crippen LogP contribution in [0.15, 0.2) is 0 Å². The van der Waals surface area contributed by atoms with Gasteiger partial charge in [0.15, 0.2) is 5.78 Å². The lowest BCUT2D eigenvalue weighted by molar-refractivity contribution is -0.174. The average Bonchev–Trinajstić information content (AvgIpc) is 2.39. The lowest BCUT2D eigenvalue weighted by atomic mass is 9.65. The van der Waals surface area contributed by atoms with Crippen molar-refractivity contribution in [2.75, 3.05) is 13.2 Å². The molecular weight excluding hydrogens is 248 g/mol. The molecule has 0 bridgehead atoms. The molecule has 1 fully saturated rings. The highest BCUT2D eigenvalue weighted by molar-refractivity contribution is 6.07. The van der Waals surface area contributed by atoms with Gasteiger partial charge in [-0.2, -0.15) is 0 Å². The van der Waals surface area contributed by atoms with Crippen molar-refractivity contribution in [3.05, 3.63) is 0 Å². The summed E-state index contributed by atoms with van der Waals surface area (Å²) in [5.74, 6) is -2.08. The highest BCUT2D eigenvalue weighted by Gasteiger charge is 2.54. The zero-order valence-electron chi connectivity index (χ0n) is 11.9. The average molecular weight is 270 g/mol. The van der Waals surface area contributed by atoms with E-state index in [1.807, 2.05) is 0 Å². The number of ether oxygens (including phenoxy) is 2. The lowest BCUT2D eigenvalue weighted by Crippen LogP contribution is -2.50. The summed E-state index contributed by atoms with van der Waals surface area (Å²) in [6.07, 6.45) is 2.19. The Morgan fingerprint density at radius 2 is 1.84 bits per heavy atom. The van der Waals surface area contributed by atoms with Crippen molar-refractivity contribution in [3.8, 4) is 0 Å². The van der Waals surface area contributed by atoms with E-state index >= 15 is 0 Å². The van der Waals surface area contributed by atoms with Crippen LogP contribution in [0.4, 0.5) is 0 Å². The van der Waals surface area contributed by atoms with E-state index in [1.54, 1.807) is 20.8 Å². The third-order valence-electron chi connectivity index (χ3n) is 3.74. The lowest BCUT2D eigenvalue weighted by Gasteiger charge is -2.36. The first-order chi connectivity index (χ1) is 9.00. The molecule has 0 aromatic carbocycles. The van der Waals surface area contributed by atoms with Crippen LogP contribution in [0.1, 0.15) is 46.5 Å². The first-order valence-electron chi connectivity index (χ1n) is 6.87. The summed E-state index contributed by atoms with van der Waals surface area (Å²) in [4.78, 5) is 36.4. The summed E-state index contributed by atoms with van der Waals surface area (Å²) in [6.45, 7) is 5.40. The van der Waals surface area contributed by atoms with E-state index < -0.39 is 23.3 Å². The van der Waals surface area contributed by atoms with Crippen molar-refractivity contribution in [2.24, 2.45) is 11.3 Å². The molecule has 0 amide bonds. The van der Waals surface area contributed by atoms with Gasteiger partial charge in [-0.1, -0.05) is 13.3 Å². The molecule has 5 nitrogen and oxygen atoms in total. The van der Waals surface area contributed by atoms with E-state index in [4.69, 9.17) is 9.47 Å². The predicted octanol–water partition coefficient (Wildman–Crippen LogP) is 1.88. The zero-order chi connectivity index (χ0) is 14.5. The fourth-order valence-electron chi connectivity index (χ4n) is 2.63. The normalized spacial score (nSPS) is 24.7. The molecule has 2 unspecified atom stereocenters. The van der Waals surface area contributed by atoms with Crippen molar-refractivity contribution < 1.29 is 23.9 Å². The minimum atomic E-state index is -1.35. The number of ketones is 1. The number of esters is 2. The molecule has 0 aromatic heterocycles. The topological polar surface area (TPSA) is 69.7 Å². The Balaban J connectivity index is 3.07. The second kappa shape index (κ2) is 6.68. The van der Waals surface area contributed by atoms with Crippen LogP contribution in [-0.4, -0.2) is 30.9 Å². The van der Waals surface area contributed by atoms with Crippen LogP contribution in [0.25, 0.3) is 0 Å². The fourth-order valence-corrected chi connectivity index (χ4v) is 2.63. The van der Waals surface area contributed by atoms with E-state index in [-0.39, 0.29) is 19.0 Å². The fraction of sp³-hybridized carbons (Fsp3) is 0.786. The molecule has 108 valence electrons. The SMILES string of the molecule is CCOC(=O)C(C)C1(C(=O)OCC)CCCCC1=O. The Morgan fingerprint density at radius 3 is 2.37 bits per heavy atom. The molecule has 1 rings (SSSR count). The van der Waals surface area contributed by atoms with Gasteiger partial charge in [0, 0.05) is 6.42 Å². The summed E-state index contributed by atoms with van der Waals surface area (Å²) in [5, 5.41) is 0. The molecule has 2 atom stereocenters. The first-order valence-corrected chi connectivity index (χ1v) is 6.87. The summed E-state index contributed by atoms with van der Waals surface area (Å²) in [7, 11) is 0. The van der Waals surface area contributed by atoms with Gasteiger partial charge in [0.05, 0.1) is 19.1 Å². The summed E-state index contributed by atoms with van der Waals surface area (Å²) in [6, 6.07) is 0. The number of carbonyl (C=O) groups is 3. The smallest absolute Gasteiger partial charge is 0.320 e. The van der Waals surface area contributed by atoms with Gasteiger partial charge in [-0.15, -0.1) is 0 Å². The predicted molar refractivity (Wildman–Crippen MR) is 68.3 cm³/mol. The standard InChI is InChI=1S/C14H22O5/c1-4-18-12(16)10(3)14(13(17)19-5-2)9-7-6-8-11(14)15/h10H,4-9H2,1-3H3. The highest BCUT2D eigenvalue weighted by Crippen LogP contribution is 2.41. The maximum Gasteiger partial charge on any atom is 0.320 e. The molecule has 0 spiro atoms. The third kappa shape index (κ3) is 2.96. The number of carbonyl (C=O) groups excluding carboxylic acids is 3. The molecule has 0 aromatic rings. The van der Waals surface area contributed by atoms with Crippen molar-refractivity contribution in [3.63, 3.8) is 0 Å². The Labute approximate surface area is 113 Å². The highest BCUT2D eigenvalue weighted by atomic mass is 16.5.